The number of anilines is 1. The number of carbonyl (C=O) groups excluding carboxylic acids is 1. The Morgan fingerprint density at radius 3 is 2.64 bits per heavy atom. The molecule has 114 valence electrons. The van der Waals surface area contributed by atoms with Crippen LogP contribution in [0.2, 0.25) is 0 Å². The second-order valence-corrected chi connectivity index (χ2v) is 5.37. The molecule has 1 aromatic carbocycles. The van der Waals surface area contributed by atoms with E-state index in [1.54, 1.807) is 6.08 Å². The molecule has 0 radical (unpaired) electrons. The fraction of sp³-hybridized carbons (Fsp3) is 0.278. The molecule has 0 amide bonds. The summed E-state index contributed by atoms with van der Waals surface area (Å²) in [4.78, 5) is 14.7. The quantitative estimate of drug-likeness (QED) is 0.626. The number of benzene rings is 1. The molecule has 4 heteroatoms. The zero-order valence-corrected chi connectivity index (χ0v) is 12.6. The maximum absolute atomic E-state index is 12.4. The molecule has 4 nitrogen and oxygen atoms in total. The smallest absolute Gasteiger partial charge is 0.340 e. The molecule has 0 spiro atoms. The summed E-state index contributed by atoms with van der Waals surface area (Å²) in [5.74, 6) is -0.296. The Morgan fingerprint density at radius 2 is 1.95 bits per heavy atom. The molecule has 3 rings (SSSR count). The van der Waals surface area contributed by atoms with E-state index >= 15 is 0 Å². The molecule has 0 atom stereocenters. The summed E-state index contributed by atoms with van der Waals surface area (Å²) in [5.41, 5.74) is 2.54. The minimum absolute atomic E-state index is 0.228. The predicted octanol–water partition coefficient (Wildman–Crippen LogP) is 3.42. The van der Waals surface area contributed by atoms with E-state index in [1.165, 1.54) is 12.8 Å². The average molecular weight is 296 g/mol. The Kier molecular flexibility index (Phi) is 4.28. The summed E-state index contributed by atoms with van der Waals surface area (Å²) >= 11 is 0. The maximum atomic E-state index is 12.4. The highest BCUT2D eigenvalue weighted by Gasteiger charge is 2.21. The summed E-state index contributed by atoms with van der Waals surface area (Å²) in [6.07, 6.45) is 7.84. The topological polar surface area (TPSA) is 34.5 Å². The van der Waals surface area contributed by atoms with E-state index in [0.717, 1.165) is 24.5 Å². The van der Waals surface area contributed by atoms with Crippen LogP contribution < -0.4 is 4.90 Å². The number of rotatable bonds is 5. The lowest BCUT2D eigenvalue weighted by Gasteiger charge is -2.21. The largest absolute Gasteiger partial charge is 0.458 e. The Hall–Kier alpha value is -2.49. The third-order valence-electron chi connectivity index (χ3n) is 3.88. The van der Waals surface area contributed by atoms with Crippen molar-refractivity contribution in [3.05, 3.63) is 60.9 Å². The van der Waals surface area contributed by atoms with E-state index in [2.05, 4.69) is 11.5 Å². The van der Waals surface area contributed by atoms with Gasteiger partial charge in [-0.1, -0.05) is 12.7 Å². The van der Waals surface area contributed by atoms with E-state index in [9.17, 15) is 4.79 Å². The van der Waals surface area contributed by atoms with Crippen LogP contribution in [0.5, 0.6) is 0 Å². The summed E-state index contributed by atoms with van der Waals surface area (Å²) in [6, 6.07) is 9.89. The van der Waals surface area contributed by atoms with Crippen molar-refractivity contribution in [1.82, 2.24) is 4.57 Å². The Balaban J connectivity index is 1.98. The third kappa shape index (κ3) is 2.91. The normalized spacial score (nSPS) is 14.1. The molecule has 1 aromatic heterocycles. The molecule has 0 bridgehead atoms. The second kappa shape index (κ2) is 6.52. The highest BCUT2D eigenvalue weighted by Crippen LogP contribution is 2.27. The number of hydrogen-bond acceptors (Lipinski definition) is 3. The molecule has 0 aliphatic carbocycles. The van der Waals surface area contributed by atoms with Gasteiger partial charge in [0.1, 0.15) is 6.61 Å². The number of esters is 1. The molecule has 1 aliphatic rings. The van der Waals surface area contributed by atoms with Gasteiger partial charge < -0.3 is 14.2 Å². The Labute approximate surface area is 130 Å². The molecule has 2 heterocycles. The van der Waals surface area contributed by atoms with Crippen molar-refractivity contribution in [1.29, 1.82) is 0 Å². The number of aromatic nitrogens is 1. The molecular formula is C18H20N2O2. The zero-order valence-electron chi connectivity index (χ0n) is 12.6. The van der Waals surface area contributed by atoms with Gasteiger partial charge in [0.05, 0.1) is 11.3 Å². The molecule has 0 N–H and O–H groups in total. The van der Waals surface area contributed by atoms with Crippen LogP contribution in [0, 0.1) is 0 Å². The van der Waals surface area contributed by atoms with Crippen LogP contribution >= 0.6 is 0 Å². The van der Waals surface area contributed by atoms with Crippen molar-refractivity contribution < 1.29 is 9.53 Å². The first-order chi connectivity index (χ1) is 10.8. The van der Waals surface area contributed by atoms with Crippen LogP contribution in [-0.2, 0) is 4.74 Å². The van der Waals surface area contributed by atoms with Crippen LogP contribution in [0.15, 0.2) is 55.4 Å². The van der Waals surface area contributed by atoms with Crippen LogP contribution in [0.1, 0.15) is 23.2 Å². The van der Waals surface area contributed by atoms with Gasteiger partial charge in [0.15, 0.2) is 0 Å². The maximum Gasteiger partial charge on any atom is 0.340 e. The van der Waals surface area contributed by atoms with E-state index in [4.69, 9.17) is 4.74 Å². The molecule has 1 saturated heterocycles. The average Bonchev–Trinajstić information content (AvgIpc) is 3.24. The van der Waals surface area contributed by atoms with Gasteiger partial charge >= 0.3 is 5.97 Å². The summed E-state index contributed by atoms with van der Waals surface area (Å²) < 4.78 is 7.24. The lowest BCUT2D eigenvalue weighted by Crippen LogP contribution is -2.21. The van der Waals surface area contributed by atoms with Gasteiger partial charge in [-0.15, -0.1) is 0 Å². The minimum Gasteiger partial charge on any atom is -0.458 e. The van der Waals surface area contributed by atoms with Gasteiger partial charge in [-0.05, 0) is 43.2 Å². The Morgan fingerprint density at radius 1 is 1.23 bits per heavy atom. The van der Waals surface area contributed by atoms with Crippen molar-refractivity contribution in [3.8, 4) is 5.69 Å². The lowest BCUT2D eigenvalue weighted by atomic mass is 10.1. The first-order valence-corrected chi connectivity index (χ1v) is 7.60. The second-order valence-electron chi connectivity index (χ2n) is 5.37. The molecule has 22 heavy (non-hydrogen) atoms. The van der Waals surface area contributed by atoms with Crippen molar-refractivity contribution >= 4 is 11.7 Å². The molecule has 2 aromatic rings. The Bertz CT molecular complexity index is 656. The van der Waals surface area contributed by atoms with Gasteiger partial charge in [0.25, 0.3) is 0 Å². The lowest BCUT2D eigenvalue weighted by molar-refractivity contribution is 0.0550. The van der Waals surface area contributed by atoms with Gasteiger partial charge in [-0.2, -0.15) is 0 Å². The van der Waals surface area contributed by atoms with E-state index < -0.39 is 0 Å². The molecular weight excluding hydrogens is 276 g/mol. The van der Waals surface area contributed by atoms with Gasteiger partial charge in [0.2, 0.25) is 0 Å². The van der Waals surface area contributed by atoms with Crippen LogP contribution in [0.3, 0.4) is 0 Å². The summed E-state index contributed by atoms with van der Waals surface area (Å²) in [7, 11) is 0. The van der Waals surface area contributed by atoms with Crippen molar-refractivity contribution in [2.24, 2.45) is 0 Å². The number of carbonyl (C=O) groups is 1. The highest BCUT2D eigenvalue weighted by atomic mass is 16.5. The van der Waals surface area contributed by atoms with Crippen molar-refractivity contribution in [2.75, 3.05) is 24.6 Å². The first-order valence-electron chi connectivity index (χ1n) is 7.60. The van der Waals surface area contributed by atoms with Gasteiger partial charge in [-0.25, -0.2) is 4.79 Å². The summed E-state index contributed by atoms with van der Waals surface area (Å²) in [5, 5.41) is 0. The molecule has 0 unspecified atom stereocenters. The van der Waals surface area contributed by atoms with Crippen molar-refractivity contribution in [3.63, 3.8) is 0 Å². The van der Waals surface area contributed by atoms with E-state index in [1.807, 2.05) is 47.3 Å². The SMILES string of the molecule is C=CCOC(=O)c1cc(-n2cccc2)ccc1N1CCCC1. The van der Waals surface area contributed by atoms with E-state index in [0.29, 0.717) is 5.56 Å². The highest BCUT2D eigenvalue weighted by molar-refractivity contribution is 5.96. The predicted molar refractivity (Wildman–Crippen MR) is 87.7 cm³/mol. The number of ether oxygens (including phenoxy) is 1. The number of hydrogen-bond donors (Lipinski definition) is 0. The monoisotopic (exact) mass is 296 g/mol. The molecule has 1 aliphatic heterocycles. The molecule has 1 fully saturated rings. The van der Waals surface area contributed by atoms with Crippen LogP contribution in [0.25, 0.3) is 5.69 Å². The first kappa shape index (κ1) is 14.4. The molecule has 0 saturated carbocycles. The fourth-order valence-corrected chi connectivity index (χ4v) is 2.80. The van der Waals surface area contributed by atoms with Crippen molar-refractivity contribution in [2.45, 2.75) is 12.8 Å². The van der Waals surface area contributed by atoms with E-state index in [-0.39, 0.29) is 12.6 Å². The third-order valence-corrected chi connectivity index (χ3v) is 3.88. The summed E-state index contributed by atoms with van der Waals surface area (Å²) in [6.45, 7) is 5.80. The van der Waals surface area contributed by atoms with Crippen LogP contribution in [0.4, 0.5) is 5.69 Å². The zero-order chi connectivity index (χ0) is 15.4. The number of nitrogens with zero attached hydrogens (tertiary/aromatic N) is 2. The fourth-order valence-electron chi connectivity index (χ4n) is 2.80. The van der Waals surface area contributed by atoms with Gasteiger partial charge in [-0.3, -0.25) is 0 Å². The van der Waals surface area contributed by atoms with Crippen LogP contribution in [-0.4, -0.2) is 30.2 Å². The minimum atomic E-state index is -0.296. The van der Waals surface area contributed by atoms with Gasteiger partial charge in [0, 0.05) is 31.2 Å². The standard InChI is InChI=1S/C18H20N2O2/c1-2-13-22-18(21)16-14-15(19-9-3-4-10-19)7-8-17(16)20-11-5-6-12-20/h2-4,7-10,14H,1,5-6,11-13H2.